The number of carbonyl (C=O) groups is 2. The average molecular weight is 283 g/mol. The van der Waals surface area contributed by atoms with E-state index in [1.165, 1.54) is 7.11 Å². The zero-order valence-corrected chi connectivity index (χ0v) is 12.3. The zero-order chi connectivity index (χ0) is 15.4. The van der Waals surface area contributed by atoms with Crippen molar-refractivity contribution in [3.8, 4) is 0 Å². The minimum absolute atomic E-state index is 0.196. The second-order valence-electron chi connectivity index (χ2n) is 4.84. The number of carbonyl (C=O) groups excluding carboxylic acids is 2. The Balaban J connectivity index is 2.23. The van der Waals surface area contributed by atoms with Crippen LogP contribution in [-0.2, 0) is 4.74 Å². The molecule has 0 heterocycles. The molecule has 108 valence electrons. The number of hydrogen-bond acceptors (Lipinski definition) is 3. The van der Waals surface area contributed by atoms with Gasteiger partial charge in [0, 0.05) is 11.3 Å². The van der Waals surface area contributed by atoms with Crippen LogP contribution in [0.25, 0.3) is 0 Å². The molecule has 0 aromatic heterocycles. The molecule has 0 radical (unpaired) electrons. The third-order valence-electron chi connectivity index (χ3n) is 3.18. The first-order valence-corrected chi connectivity index (χ1v) is 6.58. The van der Waals surface area contributed by atoms with Gasteiger partial charge >= 0.3 is 5.97 Å². The summed E-state index contributed by atoms with van der Waals surface area (Å²) < 4.78 is 4.66. The number of amides is 1. The highest BCUT2D eigenvalue weighted by molar-refractivity contribution is 6.05. The standard InChI is InChI=1S/C17H17NO3/c1-11-7-8-12(2)15(9-11)16(19)18-14-6-4-5-13(10-14)17(20)21-3/h4-10H,1-3H3,(H,18,19). The fourth-order valence-corrected chi connectivity index (χ4v) is 2.02. The molecule has 0 saturated carbocycles. The Bertz CT molecular complexity index is 692. The molecule has 21 heavy (non-hydrogen) atoms. The van der Waals surface area contributed by atoms with Crippen molar-refractivity contribution in [2.45, 2.75) is 13.8 Å². The van der Waals surface area contributed by atoms with Crippen LogP contribution in [0.1, 0.15) is 31.8 Å². The minimum Gasteiger partial charge on any atom is -0.465 e. The van der Waals surface area contributed by atoms with Gasteiger partial charge in [0.25, 0.3) is 5.91 Å². The lowest BCUT2D eigenvalue weighted by Crippen LogP contribution is -2.14. The Morgan fingerprint density at radius 2 is 1.81 bits per heavy atom. The Morgan fingerprint density at radius 1 is 1.05 bits per heavy atom. The molecule has 0 atom stereocenters. The van der Waals surface area contributed by atoms with Gasteiger partial charge in [0.1, 0.15) is 0 Å². The van der Waals surface area contributed by atoms with Crippen molar-refractivity contribution in [1.29, 1.82) is 0 Å². The number of ether oxygens (including phenoxy) is 1. The van der Waals surface area contributed by atoms with Gasteiger partial charge in [-0.25, -0.2) is 4.79 Å². The molecule has 1 amide bonds. The van der Waals surface area contributed by atoms with E-state index in [0.717, 1.165) is 11.1 Å². The number of esters is 1. The van der Waals surface area contributed by atoms with E-state index in [9.17, 15) is 9.59 Å². The van der Waals surface area contributed by atoms with Crippen LogP contribution in [0.4, 0.5) is 5.69 Å². The van der Waals surface area contributed by atoms with Crippen molar-refractivity contribution in [1.82, 2.24) is 0 Å². The smallest absolute Gasteiger partial charge is 0.337 e. The Morgan fingerprint density at radius 3 is 2.52 bits per heavy atom. The number of anilines is 1. The average Bonchev–Trinajstić information content (AvgIpc) is 2.49. The van der Waals surface area contributed by atoms with Crippen LogP contribution in [0, 0.1) is 13.8 Å². The van der Waals surface area contributed by atoms with Crippen molar-refractivity contribution in [2.75, 3.05) is 12.4 Å². The molecule has 0 unspecified atom stereocenters. The van der Waals surface area contributed by atoms with Gasteiger partial charge in [-0.3, -0.25) is 4.79 Å². The first kappa shape index (κ1) is 14.8. The second kappa shape index (κ2) is 6.22. The third kappa shape index (κ3) is 3.48. The predicted molar refractivity (Wildman–Crippen MR) is 81.7 cm³/mol. The van der Waals surface area contributed by atoms with Crippen molar-refractivity contribution in [3.63, 3.8) is 0 Å². The van der Waals surface area contributed by atoms with E-state index in [0.29, 0.717) is 16.8 Å². The summed E-state index contributed by atoms with van der Waals surface area (Å²) in [5, 5.41) is 2.80. The molecule has 0 saturated heterocycles. The Kier molecular flexibility index (Phi) is 4.38. The number of rotatable bonds is 3. The molecule has 0 aliphatic carbocycles. The Labute approximate surface area is 123 Å². The highest BCUT2D eigenvalue weighted by atomic mass is 16.5. The number of benzene rings is 2. The van der Waals surface area contributed by atoms with E-state index in [2.05, 4.69) is 10.1 Å². The van der Waals surface area contributed by atoms with Gasteiger partial charge in [0.05, 0.1) is 12.7 Å². The van der Waals surface area contributed by atoms with Crippen LogP contribution in [0.15, 0.2) is 42.5 Å². The molecule has 0 aliphatic rings. The molecular formula is C17H17NO3. The normalized spacial score (nSPS) is 10.0. The summed E-state index contributed by atoms with van der Waals surface area (Å²) in [7, 11) is 1.32. The number of nitrogens with one attached hydrogen (secondary N) is 1. The molecule has 1 N–H and O–H groups in total. The maximum absolute atomic E-state index is 12.3. The summed E-state index contributed by atoms with van der Waals surface area (Å²) in [5.74, 6) is -0.629. The zero-order valence-electron chi connectivity index (χ0n) is 12.3. The SMILES string of the molecule is COC(=O)c1cccc(NC(=O)c2cc(C)ccc2C)c1. The van der Waals surface area contributed by atoms with E-state index >= 15 is 0 Å². The maximum atomic E-state index is 12.3. The van der Waals surface area contributed by atoms with Crippen LogP contribution in [0.3, 0.4) is 0 Å². The van der Waals surface area contributed by atoms with Crippen LogP contribution in [-0.4, -0.2) is 19.0 Å². The van der Waals surface area contributed by atoms with Crippen molar-refractivity contribution in [3.05, 3.63) is 64.7 Å². The lowest BCUT2D eigenvalue weighted by molar-refractivity contribution is 0.0600. The lowest BCUT2D eigenvalue weighted by Gasteiger charge is -2.09. The van der Waals surface area contributed by atoms with Crippen LogP contribution < -0.4 is 5.32 Å². The largest absolute Gasteiger partial charge is 0.465 e. The van der Waals surface area contributed by atoms with Crippen molar-refractivity contribution in [2.24, 2.45) is 0 Å². The van der Waals surface area contributed by atoms with Gasteiger partial charge < -0.3 is 10.1 Å². The molecule has 0 bridgehead atoms. The van der Waals surface area contributed by atoms with Crippen LogP contribution >= 0.6 is 0 Å². The quantitative estimate of drug-likeness (QED) is 0.879. The molecular weight excluding hydrogens is 266 g/mol. The van der Waals surface area contributed by atoms with E-state index in [1.54, 1.807) is 24.3 Å². The van der Waals surface area contributed by atoms with Crippen LogP contribution in [0.5, 0.6) is 0 Å². The van der Waals surface area contributed by atoms with Crippen LogP contribution in [0.2, 0.25) is 0 Å². The molecule has 0 fully saturated rings. The summed E-state index contributed by atoms with van der Waals surface area (Å²) >= 11 is 0. The van der Waals surface area contributed by atoms with Gasteiger partial charge in [-0.15, -0.1) is 0 Å². The number of hydrogen-bond donors (Lipinski definition) is 1. The highest BCUT2D eigenvalue weighted by Gasteiger charge is 2.11. The van der Waals surface area contributed by atoms with Crippen molar-refractivity contribution >= 4 is 17.6 Å². The van der Waals surface area contributed by atoms with E-state index in [4.69, 9.17) is 0 Å². The first-order valence-electron chi connectivity index (χ1n) is 6.58. The topological polar surface area (TPSA) is 55.4 Å². The fraction of sp³-hybridized carbons (Fsp3) is 0.176. The summed E-state index contributed by atoms with van der Waals surface area (Å²) in [6.07, 6.45) is 0. The number of methoxy groups -OCH3 is 1. The molecule has 0 aliphatic heterocycles. The second-order valence-corrected chi connectivity index (χ2v) is 4.84. The summed E-state index contributed by atoms with van der Waals surface area (Å²) in [4.78, 5) is 23.8. The summed E-state index contributed by atoms with van der Waals surface area (Å²) in [6, 6.07) is 12.4. The molecule has 2 aromatic rings. The predicted octanol–water partition coefficient (Wildman–Crippen LogP) is 3.34. The monoisotopic (exact) mass is 283 g/mol. The van der Waals surface area contributed by atoms with Gasteiger partial charge in [0.15, 0.2) is 0 Å². The highest BCUT2D eigenvalue weighted by Crippen LogP contribution is 2.16. The molecule has 0 spiro atoms. The fourth-order valence-electron chi connectivity index (χ4n) is 2.02. The van der Waals surface area contributed by atoms with E-state index < -0.39 is 5.97 Å². The van der Waals surface area contributed by atoms with Gasteiger partial charge in [-0.2, -0.15) is 0 Å². The molecule has 2 rings (SSSR count). The molecule has 2 aromatic carbocycles. The molecule has 4 nitrogen and oxygen atoms in total. The summed E-state index contributed by atoms with van der Waals surface area (Å²) in [6.45, 7) is 3.83. The lowest BCUT2D eigenvalue weighted by atomic mass is 10.0. The third-order valence-corrected chi connectivity index (χ3v) is 3.18. The van der Waals surface area contributed by atoms with Crippen molar-refractivity contribution < 1.29 is 14.3 Å². The van der Waals surface area contributed by atoms with Gasteiger partial charge in [0.2, 0.25) is 0 Å². The Hall–Kier alpha value is -2.62. The summed E-state index contributed by atoms with van der Waals surface area (Å²) in [5.41, 5.74) is 3.51. The maximum Gasteiger partial charge on any atom is 0.337 e. The van der Waals surface area contributed by atoms with E-state index in [-0.39, 0.29) is 5.91 Å². The minimum atomic E-state index is -0.433. The van der Waals surface area contributed by atoms with Gasteiger partial charge in [-0.1, -0.05) is 23.8 Å². The first-order chi connectivity index (χ1) is 10.0. The molecule has 4 heteroatoms. The van der Waals surface area contributed by atoms with E-state index in [1.807, 2.05) is 32.0 Å². The van der Waals surface area contributed by atoms with Gasteiger partial charge in [-0.05, 0) is 43.7 Å². The number of aryl methyl sites for hydroxylation is 2.